The molecule has 2 aromatic rings. The third-order valence-corrected chi connectivity index (χ3v) is 2.96. The molecule has 0 saturated heterocycles. The fourth-order valence-electron chi connectivity index (χ4n) is 2.21. The van der Waals surface area contributed by atoms with Gasteiger partial charge in [-0.25, -0.2) is 4.98 Å². The Morgan fingerprint density at radius 3 is 2.56 bits per heavy atom. The highest BCUT2D eigenvalue weighted by Crippen LogP contribution is 2.15. The lowest BCUT2D eigenvalue weighted by atomic mass is 10.1. The van der Waals surface area contributed by atoms with E-state index < -0.39 is 0 Å². The largest absolute Gasteiger partial charge is 0.379 e. The summed E-state index contributed by atoms with van der Waals surface area (Å²) >= 11 is 0. The molecule has 0 aliphatic heterocycles. The van der Waals surface area contributed by atoms with Gasteiger partial charge in [-0.3, -0.25) is 0 Å². The Kier molecular flexibility index (Phi) is 4.03. The summed E-state index contributed by atoms with van der Waals surface area (Å²) in [6, 6.07) is 6.54. The second kappa shape index (κ2) is 5.71. The zero-order chi connectivity index (χ0) is 13.0. The Morgan fingerprint density at radius 2 is 1.89 bits per heavy atom. The van der Waals surface area contributed by atoms with Gasteiger partial charge >= 0.3 is 0 Å². The van der Waals surface area contributed by atoms with Crippen LogP contribution in [0.3, 0.4) is 0 Å². The number of hydrogen-bond donors (Lipinski definition) is 1. The van der Waals surface area contributed by atoms with Crippen molar-refractivity contribution in [3.8, 4) is 0 Å². The quantitative estimate of drug-likeness (QED) is 0.870. The van der Waals surface area contributed by atoms with Crippen molar-refractivity contribution in [2.75, 3.05) is 5.32 Å². The normalized spacial score (nSPS) is 10.6. The summed E-state index contributed by atoms with van der Waals surface area (Å²) in [7, 11) is 0. The van der Waals surface area contributed by atoms with E-state index in [0.717, 1.165) is 19.5 Å². The SMILES string of the molecule is CCCn1cncc1CNc1cc(C)cc(C)c1. The number of benzene rings is 1. The Balaban J connectivity index is 2.04. The first-order valence-corrected chi connectivity index (χ1v) is 6.50. The van der Waals surface area contributed by atoms with Crippen LogP contribution in [0.2, 0.25) is 0 Å². The van der Waals surface area contributed by atoms with Crippen LogP contribution in [0.5, 0.6) is 0 Å². The molecule has 3 heteroatoms. The van der Waals surface area contributed by atoms with Crippen LogP contribution in [-0.4, -0.2) is 9.55 Å². The smallest absolute Gasteiger partial charge is 0.0948 e. The molecule has 0 spiro atoms. The Bertz CT molecular complexity index is 494. The van der Waals surface area contributed by atoms with Crippen molar-refractivity contribution in [3.05, 3.63) is 47.5 Å². The van der Waals surface area contributed by atoms with Crippen LogP contribution in [0.15, 0.2) is 30.7 Å². The summed E-state index contributed by atoms with van der Waals surface area (Å²) in [6.07, 6.45) is 4.97. The maximum Gasteiger partial charge on any atom is 0.0948 e. The molecular formula is C15H21N3. The maximum atomic E-state index is 4.21. The highest BCUT2D eigenvalue weighted by atomic mass is 15.1. The lowest BCUT2D eigenvalue weighted by Gasteiger charge is -2.10. The summed E-state index contributed by atoms with van der Waals surface area (Å²) in [4.78, 5) is 4.21. The van der Waals surface area contributed by atoms with Gasteiger partial charge in [0.15, 0.2) is 0 Å². The monoisotopic (exact) mass is 243 g/mol. The molecule has 0 amide bonds. The fourth-order valence-corrected chi connectivity index (χ4v) is 2.21. The lowest BCUT2D eigenvalue weighted by molar-refractivity contribution is 0.651. The molecule has 1 aromatic carbocycles. The van der Waals surface area contributed by atoms with Crippen LogP contribution in [0.25, 0.3) is 0 Å². The first-order valence-electron chi connectivity index (χ1n) is 6.50. The molecule has 0 aliphatic rings. The van der Waals surface area contributed by atoms with E-state index in [1.54, 1.807) is 0 Å². The number of nitrogens with one attached hydrogen (secondary N) is 1. The first-order chi connectivity index (χ1) is 8.69. The van der Waals surface area contributed by atoms with Crippen molar-refractivity contribution in [1.82, 2.24) is 9.55 Å². The van der Waals surface area contributed by atoms with Crippen LogP contribution in [-0.2, 0) is 13.1 Å². The first kappa shape index (κ1) is 12.7. The molecule has 1 N–H and O–H groups in total. The zero-order valence-electron chi connectivity index (χ0n) is 11.4. The predicted octanol–water partition coefficient (Wildman–Crippen LogP) is 3.52. The molecule has 3 nitrogen and oxygen atoms in total. The third kappa shape index (κ3) is 3.13. The van der Waals surface area contributed by atoms with Gasteiger partial charge in [0.25, 0.3) is 0 Å². The van der Waals surface area contributed by atoms with E-state index in [1.165, 1.54) is 22.5 Å². The van der Waals surface area contributed by atoms with Gasteiger partial charge in [0.1, 0.15) is 0 Å². The fraction of sp³-hybridized carbons (Fsp3) is 0.400. The van der Waals surface area contributed by atoms with Crippen molar-refractivity contribution >= 4 is 5.69 Å². The molecule has 0 bridgehead atoms. The van der Waals surface area contributed by atoms with Crippen LogP contribution in [0, 0.1) is 13.8 Å². The van der Waals surface area contributed by atoms with Crippen LogP contribution in [0.4, 0.5) is 5.69 Å². The maximum absolute atomic E-state index is 4.21. The minimum absolute atomic E-state index is 0.822. The van der Waals surface area contributed by atoms with Crippen molar-refractivity contribution in [2.24, 2.45) is 0 Å². The highest BCUT2D eigenvalue weighted by Gasteiger charge is 2.01. The molecule has 2 rings (SSSR count). The molecule has 0 atom stereocenters. The molecule has 0 saturated carbocycles. The standard InChI is InChI=1S/C15H21N3/c1-4-5-18-11-16-9-15(18)10-17-14-7-12(2)6-13(3)8-14/h6-9,11,17H,4-5,10H2,1-3H3. The van der Waals surface area contributed by atoms with E-state index in [9.17, 15) is 0 Å². The Hall–Kier alpha value is -1.77. The second-order valence-electron chi connectivity index (χ2n) is 4.81. The molecule has 0 fully saturated rings. The average Bonchev–Trinajstić information content (AvgIpc) is 2.73. The van der Waals surface area contributed by atoms with Crippen molar-refractivity contribution in [3.63, 3.8) is 0 Å². The Labute approximate surface area is 109 Å². The van der Waals surface area contributed by atoms with Gasteiger partial charge in [0.2, 0.25) is 0 Å². The van der Waals surface area contributed by atoms with Crippen molar-refractivity contribution in [2.45, 2.75) is 40.3 Å². The zero-order valence-corrected chi connectivity index (χ0v) is 11.4. The topological polar surface area (TPSA) is 29.9 Å². The van der Waals surface area contributed by atoms with E-state index in [2.05, 4.69) is 53.8 Å². The van der Waals surface area contributed by atoms with Crippen LogP contribution >= 0.6 is 0 Å². The van der Waals surface area contributed by atoms with E-state index in [-0.39, 0.29) is 0 Å². The average molecular weight is 243 g/mol. The molecule has 1 heterocycles. The molecular weight excluding hydrogens is 222 g/mol. The summed E-state index contributed by atoms with van der Waals surface area (Å²) < 4.78 is 2.20. The number of aromatic nitrogens is 2. The molecule has 0 unspecified atom stereocenters. The van der Waals surface area contributed by atoms with Gasteiger partial charge in [0.05, 0.1) is 18.6 Å². The summed E-state index contributed by atoms with van der Waals surface area (Å²) in [6.45, 7) is 8.28. The van der Waals surface area contributed by atoms with Crippen molar-refractivity contribution < 1.29 is 0 Å². The highest BCUT2D eigenvalue weighted by molar-refractivity contribution is 5.48. The summed E-state index contributed by atoms with van der Waals surface area (Å²) in [5, 5.41) is 3.47. The molecule has 18 heavy (non-hydrogen) atoms. The van der Waals surface area contributed by atoms with Crippen molar-refractivity contribution in [1.29, 1.82) is 0 Å². The summed E-state index contributed by atoms with van der Waals surface area (Å²) in [5.74, 6) is 0. The van der Waals surface area contributed by atoms with E-state index in [0.29, 0.717) is 0 Å². The van der Waals surface area contributed by atoms with Gasteiger partial charge in [-0.15, -0.1) is 0 Å². The number of imidazole rings is 1. The van der Waals surface area contributed by atoms with Gasteiger partial charge in [0, 0.05) is 18.4 Å². The minimum Gasteiger partial charge on any atom is -0.379 e. The predicted molar refractivity (Wildman–Crippen MR) is 75.8 cm³/mol. The van der Waals surface area contributed by atoms with E-state index in [1.807, 2.05) is 12.5 Å². The number of anilines is 1. The molecule has 1 aromatic heterocycles. The number of nitrogens with zero attached hydrogens (tertiary/aromatic N) is 2. The van der Waals surface area contributed by atoms with E-state index >= 15 is 0 Å². The third-order valence-electron chi connectivity index (χ3n) is 2.96. The lowest BCUT2D eigenvalue weighted by Crippen LogP contribution is -2.07. The number of hydrogen-bond acceptors (Lipinski definition) is 2. The van der Waals surface area contributed by atoms with Gasteiger partial charge in [-0.1, -0.05) is 13.0 Å². The number of rotatable bonds is 5. The number of aryl methyl sites for hydroxylation is 3. The minimum atomic E-state index is 0.822. The Morgan fingerprint density at radius 1 is 1.17 bits per heavy atom. The van der Waals surface area contributed by atoms with E-state index in [4.69, 9.17) is 0 Å². The van der Waals surface area contributed by atoms with Crippen LogP contribution in [0.1, 0.15) is 30.2 Å². The van der Waals surface area contributed by atoms with Gasteiger partial charge in [-0.2, -0.15) is 0 Å². The molecule has 0 aliphatic carbocycles. The molecule has 0 radical (unpaired) electrons. The van der Waals surface area contributed by atoms with Gasteiger partial charge < -0.3 is 9.88 Å². The second-order valence-corrected chi connectivity index (χ2v) is 4.81. The summed E-state index contributed by atoms with van der Waals surface area (Å²) in [5.41, 5.74) is 4.99. The van der Waals surface area contributed by atoms with Crippen LogP contribution < -0.4 is 5.32 Å². The molecule has 96 valence electrons. The van der Waals surface area contributed by atoms with Gasteiger partial charge in [-0.05, 0) is 43.5 Å².